The van der Waals surface area contributed by atoms with E-state index in [0.717, 1.165) is 25.7 Å². The molecule has 0 bridgehead atoms. The van der Waals surface area contributed by atoms with Crippen molar-refractivity contribution in [3.63, 3.8) is 0 Å². The lowest BCUT2D eigenvalue weighted by atomic mass is 9.79. The van der Waals surface area contributed by atoms with Gasteiger partial charge in [-0.2, -0.15) is 0 Å². The molecule has 3 nitrogen and oxygen atoms in total. The van der Waals surface area contributed by atoms with E-state index in [4.69, 9.17) is 4.74 Å². The van der Waals surface area contributed by atoms with Crippen LogP contribution in [-0.2, 0) is 9.53 Å². The molecule has 0 spiro atoms. The Balaban J connectivity index is 2.32. The number of rotatable bonds is 2. The third kappa shape index (κ3) is 4.97. The van der Waals surface area contributed by atoms with Crippen LogP contribution in [-0.4, -0.2) is 22.3 Å². The van der Waals surface area contributed by atoms with Crippen LogP contribution in [0.5, 0.6) is 0 Å². The highest BCUT2D eigenvalue weighted by Crippen LogP contribution is 2.33. The average molecular weight is 228 g/mol. The van der Waals surface area contributed by atoms with E-state index in [1.807, 2.05) is 27.7 Å². The highest BCUT2D eigenvalue weighted by atomic mass is 16.6. The lowest BCUT2D eigenvalue weighted by Gasteiger charge is -2.33. The molecule has 0 heterocycles. The molecule has 1 fully saturated rings. The maximum absolute atomic E-state index is 11.6. The van der Waals surface area contributed by atoms with Crippen LogP contribution in [0.25, 0.3) is 0 Å². The highest BCUT2D eigenvalue weighted by molar-refractivity contribution is 5.70. The van der Waals surface area contributed by atoms with Crippen LogP contribution in [0, 0.1) is 5.92 Å². The molecule has 0 amide bonds. The Labute approximate surface area is 98.2 Å². The molecule has 16 heavy (non-hydrogen) atoms. The number of aliphatic hydroxyl groups is 1. The summed E-state index contributed by atoms with van der Waals surface area (Å²) in [5.41, 5.74) is -0.915. The molecule has 1 saturated carbocycles. The Morgan fingerprint density at radius 2 is 1.88 bits per heavy atom. The highest BCUT2D eigenvalue weighted by Gasteiger charge is 2.30. The van der Waals surface area contributed by atoms with Crippen LogP contribution in [0.2, 0.25) is 0 Å². The van der Waals surface area contributed by atoms with E-state index in [9.17, 15) is 9.90 Å². The second-order valence-electron chi connectivity index (χ2n) is 6.23. The lowest BCUT2D eigenvalue weighted by molar-refractivity contribution is -0.156. The number of carbonyl (C=O) groups is 1. The van der Waals surface area contributed by atoms with Crippen molar-refractivity contribution in [2.45, 2.75) is 71.0 Å². The number of carbonyl (C=O) groups excluding carboxylic acids is 1. The quantitative estimate of drug-likeness (QED) is 0.739. The van der Waals surface area contributed by atoms with Gasteiger partial charge in [-0.05, 0) is 59.3 Å². The van der Waals surface area contributed by atoms with Crippen LogP contribution < -0.4 is 0 Å². The number of hydrogen-bond acceptors (Lipinski definition) is 3. The zero-order chi connectivity index (χ0) is 12.4. The maximum atomic E-state index is 11.6. The lowest BCUT2D eigenvalue weighted by Crippen LogP contribution is -2.32. The van der Waals surface area contributed by atoms with E-state index < -0.39 is 11.2 Å². The molecule has 0 aromatic carbocycles. The fraction of sp³-hybridized carbons (Fsp3) is 0.923. The standard InChI is InChI=1S/C13H24O3/c1-12(2,3)16-11(14)9-10-5-7-13(4,15)8-6-10/h10,15H,5-9H2,1-4H3. The van der Waals surface area contributed by atoms with Crippen molar-refractivity contribution in [1.29, 1.82) is 0 Å². The summed E-state index contributed by atoms with van der Waals surface area (Å²) in [7, 11) is 0. The summed E-state index contributed by atoms with van der Waals surface area (Å²) >= 11 is 0. The zero-order valence-electron chi connectivity index (χ0n) is 10.9. The van der Waals surface area contributed by atoms with Gasteiger partial charge in [0.05, 0.1) is 5.60 Å². The number of ether oxygens (including phenoxy) is 1. The Morgan fingerprint density at radius 3 is 2.31 bits per heavy atom. The summed E-state index contributed by atoms with van der Waals surface area (Å²) in [4.78, 5) is 11.6. The molecule has 1 aliphatic rings. The van der Waals surface area contributed by atoms with Crippen LogP contribution in [0.4, 0.5) is 0 Å². The normalized spacial score (nSPS) is 31.2. The van der Waals surface area contributed by atoms with Gasteiger partial charge in [-0.1, -0.05) is 0 Å². The van der Waals surface area contributed by atoms with Crippen LogP contribution in [0.3, 0.4) is 0 Å². The summed E-state index contributed by atoms with van der Waals surface area (Å²) in [6, 6.07) is 0. The minimum absolute atomic E-state index is 0.112. The number of esters is 1. The van der Waals surface area contributed by atoms with Crippen molar-refractivity contribution < 1.29 is 14.6 Å². The molecular formula is C13H24O3. The molecule has 0 atom stereocenters. The van der Waals surface area contributed by atoms with Crippen LogP contribution >= 0.6 is 0 Å². The van der Waals surface area contributed by atoms with Gasteiger partial charge in [-0.25, -0.2) is 0 Å². The smallest absolute Gasteiger partial charge is 0.306 e. The van der Waals surface area contributed by atoms with Crippen molar-refractivity contribution in [3.8, 4) is 0 Å². The van der Waals surface area contributed by atoms with Gasteiger partial charge in [0.2, 0.25) is 0 Å². The molecule has 0 aromatic heterocycles. The molecule has 3 heteroatoms. The van der Waals surface area contributed by atoms with E-state index >= 15 is 0 Å². The van der Waals surface area contributed by atoms with Crippen molar-refractivity contribution in [3.05, 3.63) is 0 Å². The molecule has 94 valence electrons. The summed E-state index contributed by atoms with van der Waals surface area (Å²) in [5.74, 6) is 0.272. The summed E-state index contributed by atoms with van der Waals surface area (Å²) < 4.78 is 5.29. The van der Waals surface area contributed by atoms with E-state index in [-0.39, 0.29) is 5.97 Å². The van der Waals surface area contributed by atoms with Crippen molar-refractivity contribution in [2.24, 2.45) is 5.92 Å². The fourth-order valence-electron chi connectivity index (χ4n) is 2.12. The van der Waals surface area contributed by atoms with Crippen LogP contribution in [0.1, 0.15) is 59.8 Å². The summed E-state index contributed by atoms with van der Waals surface area (Å²) in [6.45, 7) is 7.53. The average Bonchev–Trinajstić information content (AvgIpc) is 2.05. The van der Waals surface area contributed by atoms with E-state index in [1.54, 1.807) is 0 Å². The largest absolute Gasteiger partial charge is 0.460 e. The molecule has 1 rings (SSSR count). The van der Waals surface area contributed by atoms with Gasteiger partial charge in [0.1, 0.15) is 5.60 Å². The summed E-state index contributed by atoms with van der Waals surface area (Å²) in [6.07, 6.45) is 3.92. The Bertz CT molecular complexity index is 240. The predicted molar refractivity (Wildman–Crippen MR) is 63.0 cm³/mol. The third-order valence-corrected chi connectivity index (χ3v) is 3.06. The van der Waals surface area contributed by atoms with Gasteiger partial charge in [0.15, 0.2) is 0 Å². The SMILES string of the molecule is CC1(O)CCC(CC(=O)OC(C)(C)C)CC1. The van der Waals surface area contributed by atoms with Crippen molar-refractivity contribution in [1.82, 2.24) is 0 Å². The fourth-order valence-corrected chi connectivity index (χ4v) is 2.12. The molecule has 0 aliphatic heterocycles. The van der Waals surface area contributed by atoms with Gasteiger partial charge in [0, 0.05) is 6.42 Å². The number of hydrogen-bond donors (Lipinski definition) is 1. The second kappa shape index (κ2) is 4.74. The van der Waals surface area contributed by atoms with E-state index in [1.165, 1.54) is 0 Å². The predicted octanol–water partition coefficient (Wildman–Crippen LogP) is 2.66. The topological polar surface area (TPSA) is 46.5 Å². The Kier molecular flexibility index (Phi) is 4.00. The first-order valence-corrected chi connectivity index (χ1v) is 6.12. The first-order valence-electron chi connectivity index (χ1n) is 6.12. The first kappa shape index (κ1) is 13.5. The van der Waals surface area contributed by atoms with E-state index in [2.05, 4.69) is 0 Å². The second-order valence-corrected chi connectivity index (χ2v) is 6.23. The van der Waals surface area contributed by atoms with Crippen molar-refractivity contribution >= 4 is 5.97 Å². The molecule has 0 saturated heterocycles. The molecule has 0 unspecified atom stereocenters. The molecule has 0 aromatic rings. The Morgan fingerprint density at radius 1 is 1.38 bits per heavy atom. The zero-order valence-corrected chi connectivity index (χ0v) is 10.9. The van der Waals surface area contributed by atoms with Crippen molar-refractivity contribution in [2.75, 3.05) is 0 Å². The molecule has 1 aliphatic carbocycles. The van der Waals surface area contributed by atoms with Crippen LogP contribution in [0.15, 0.2) is 0 Å². The maximum Gasteiger partial charge on any atom is 0.306 e. The minimum atomic E-state index is -0.523. The summed E-state index contributed by atoms with van der Waals surface area (Å²) in [5, 5.41) is 9.80. The molecular weight excluding hydrogens is 204 g/mol. The third-order valence-electron chi connectivity index (χ3n) is 3.06. The molecule has 0 radical (unpaired) electrons. The van der Waals surface area contributed by atoms with Gasteiger partial charge in [-0.3, -0.25) is 4.79 Å². The first-order chi connectivity index (χ1) is 7.18. The minimum Gasteiger partial charge on any atom is -0.460 e. The Hall–Kier alpha value is -0.570. The van der Waals surface area contributed by atoms with Gasteiger partial charge in [-0.15, -0.1) is 0 Å². The van der Waals surface area contributed by atoms with Gasteiger partial charge in [0.25, 0.3) is 0 Å². The monoisotopic (exact) mass is 228 g/mol. The molecule has 1 N–H and O–H groups in total. The van der Waals surface area contributed by atoms with E-state index in [0.29, 0.717) is 12.3 Å². The van der Waals surface area contributed by atoms with Gasteiger partial charge < -0.3 is 9.84 Å². The van der Waals surface area contributed by atoms with Gasteiger partial charge >= 0.3 is 5.97 Å².